The first kappa shape index (κ1) is 17.1. The first-order valence-corrected chi connectivity index (χ1v) is 8.71. The van der Waals surface area contributed by atoms with E-state index in [2.05, 4.69) is 15.0 Å². The molecule has 0 radical (unpaired) electrons. The number of rotatable bonds is 3. The molecule has 2 aliphatic rings. The summed E-state index contributed by atoms with van der Waals surface area (Å²) < 4.78 is 7.57. The number of nitrogens with one attached hydrogen (secondary N) is 1. The van der Waals surface area contributed by atoms with Crippen LogP contribution in [-0.4, -0.2) is 49.0 Å². The first-order chi connectivity index (χ1) is 13.5. The van der Waals surface area contributed by atoms with Crippen molar-refractivity contribution in [3.63, 3.8) is 0 Å². The van der Waals surface area contributed by atoms with Crippen LogP contribution in [0.3, 0.4) is 0 Å². The van der Waals surface area contributed by atoms with Crippen molar-refractivity contribution in [3.05, 3.63) is 47.0 Å². The summed E-state index contributed by atoms with van der Waals surface area (Å²) in [5, 5.41) is 11.1. The standard InChI is InChI=1S/C17H18N6O5/c1-17-12(27-23(28-17)9-5-3-2-4-6-9)10(7-24)26-15(17)22-8-19-11-13(22)20-16(18)21-14(11)25/h2-6,8,10,12,15,24H,7H2,1H3,(H3,18,20,21,25)/t10-,12-,15-,17-/m1/s1. The van der Waals surface area contributed by atoms with Crippen LogP contribution in [0, 0.1) is 0 Å². The molecular formula is C17H18N6O5. The van der Waals surface area contributed by atoms with Gasteiger partial charge in [-0.05, 0) is 19.1 Å². The summed E-state index contributed by atoms with van der Waals surface area (Å²) in [6, 6.07) is 9.28. The number of aliphatic hydroxyl groups excluding tert-OH is 1. The molecule has 4 atom stereocenters. The lowest BCUT2D eigenvalue weighted by Crippen LogP contribution is -2.42. The highest BCUT2D eigenvalue weighted by molar-refractivity contribution is 5.70. The maximum atomic E-state index is 12.1. The van der Waals surface area contributed by atoms with E-state index in [1.54, 1.807) is 4.57 Å². The predicted octanol–water partition coefficient (Wildman–Crippen LogP) is 0.102. The highest BCUT2D eigenvalue weighted by Crippen LogP contribution is 2.48. The molecule has 0 saturated carbocycles. The van der Waals surface area contributed by atoms with Crippen molar-refractivity contribution in [3.8, 4) is 0 Å². The number of aromatic nitrogens is 4. The minimum atomic E-state index is -1.02. The summed E-state index contributed by atoms with van der Waals surface area (Å²) in [6.07, 6.45) is -0.574. The second-order valence-electron chi connectivity index (χ2n) is 6.88. The highest BCUT2D eigenvalue weighted by Gasteiger charge is 2.63. The number of benzene rings is 1. The van der Waals surface area contributed by atoms with Crippen LogP contribution < -0.4 is 16.5 Å². The van der Waals surface area contributed by atoms with Crippen LogP contribution in [0.2, 0.25) is 0 Å². The Labute approximate surface area is 158 Å². The summed E-state index contributed by atoms with van der Waals surface area (Å²) >= 11 is 0. The Hall–Kier alpha value is -2.99. The fraction of sp³-hybridized carbons (Fsp3) is 0.353. The maximum Gasteiger partial charge on any atom is 0.280 e. The molecule has 2 fully saturated rings. The SMILES string of the molecule is C[C@@]12ON(c3ccccc3)O[C@@H]1[C@@H](CO)O[C@H]2n1cnc2c(=O)[nH]c(N)nc21. The van der Waals surface area contributed by atoms with Crippen LogP contribution in [0.15, 0.2) is 41.5 Å². The third-order valence-electron chi connectivity index (χ3n) is 5.04. The molecule has 0 spiro atoms. The lowest BCUT2D eigenvalue weighted by Gasteiger charge is -2.27. The zero-order chi connectivity index (χ0) is 19.5. The fourth-order valence-electron chi connectivity index (χ4n) is 3.71. The molecule has 2 aromatic heterocycles. The van der Waals surface area contributed by atoms with Gasteiger partial charge in [0.2, 0.25) is 5.95 Å². The Bertz CT molecular complexity index is 1080. The molecule has 4 heterocycles. The van der Waals surface area contributed by atoms with Gasteiger partial charge in [0.05, 0.1) is 18.6 Å². The van der Waals surface area contributed by atoms with E-state index in [1.165, 1.54) is 11.6 Å². The van der Waals surface area contributed by atoms with E-state index >= 15 is 0 Å². The largest absolute Gasteiger partial charge is 0.394 e. The molecule has 5 rings (SSSR count). The van der Waals surface area contributed by atoms with Crippen LogP contribution in [0.5, 0.6) is 0 Å². The molecule has 11 heteroatoms. The van der Waals surface area contributed by atoms with Crippen molar-refractivity contribution in [2.45, 2.75) is 31.0 Å². The van der Waals surface area contributed by atoms with Gasteiger partial charge in [-0.1, -0.05) is 18.2 Å². The Balaban J connectivity index is 1.59. The van der Waals surface area contributed by atoms with Crippen molar-refractivity contribution in [1.82, 2.24) is 19.5 Å². The average Bonchev–Trinajstić information content (AvgIpc) is 3.32. The summed E-state index contributed by atoms with van der Waals surface area (Å²) in [6.45, 7) is 1.54. The summed E-state index contributed by atoms with van der Waals surface area (Å²) in [7, 11) is 0. The van der Waals surface area contributed by atoms with Crippen LogP contribution in [-0.2, 0) is 14.4 Å². The van der Waals surface area contributed by atoms with Gasteiger partial charge in [-0.3, -0.25) is 14.3 Å². The molecule has 2 saturated heterocycles. The van der Waals surface area contributed by atoms with Crippen LogP contribution in [0.4, 0.5) is 11.6 Å². The molecule has 3 aromatic rings. The number of hydrogen-bond acceptors (Lipinski definition) is 9. The molecule has 11 nitrogen and oxygen atoms in total. The molecule has 0 unspecified atom stereocenters. The smallest absolute Gasteiger partial charge is 0.280 e. The minimum absolute atomic E-state index is 0.0350. The second-order valence-corrected chi connectivity index (χ2v) is 6.88. The van der Waals surface area contributed by atoms with Crippen LogP contribution in [0.1, 0.15) is 13.2 Å². The van der Waals surface area contributed by atoms with Gasteiger partial charge in [0.15, 0.2) is 29.1 Å². The molecule has 0 bridgehead atoms. The highest BCUT2D eigenvalue weighted by atomic mass is 17.0. The zero-order valence-corrected chi connectivity index (χ0v) is 14.8. The van der Waals surface area contributed by atoms with Crippen LogP contribution >= 0.6 is 0 Å². The molecule has 1 aromatic carbocycles. The van der Waals surface area contributed by atoms with E-state index in [-0.39, 0.29) is 23.7 Å². The van der Waals surface area contributed by atoms with Crippen molar-refractivity contribution in [2.24, 2.45) is 0 Å². The Morgan fingerprint density at radius 3 is 2.89 bits per heavy atom. The van der Waals surface area contributed by atoms with E-state index in [0.717, 1.165) is 0 Å². The number of nitrogens with zero attached hydrogens (tertiary/aromatic N) is 4. The number of ether oxygens (including phenoxy) is 1. The zero-order valence-electron chi connectivity index (χ0n) is 14.8. The number of imidazole rings is 1. The van der Waals surface area contributed by atoms with Gasteiger partial charge in [0.25, 0.3) is 5.56 Å². The van der Waals surface area contributed by atoms with Gasteiger partial charge in [-0.15, -0.1) is 5.23 Å². The number of para-hydroxylation sites is 1. The monoisotopic (exact) mass is 386 g/mol. The molecule has 28 heavy (non-hydrogen) atoms. The van der Waals surface area contributed by atoms with Gasteiger partial charge >= 0.3 is 0 Å². The average molecular weight is 386 g/mol. The number of H-pyrrole nitrogens is 1. The Morgan fingerprint density at radius 2 is 2.14 bits per heavy atom. The third-order valence-corrected chi connectivity index (χ3v) is 5.04. The lowest BCUT2D eigenvalue weighted by atomic mass is 9.96. The summed E-state index contributed by atoms with van der Waals surface area (Å²) in [4.78, 5) is 34.9. The molecule has 2 aliphatic heterocycles. The molecule has 0 amide bonds. The quantitative estimate of drug-likeness (QED) is 0.571. The summed E-state index contributed by atoms with van der Waals surface area (Å²) in [5.74, 6) is -0.0350. The predicted molar refractivity (Wildman–Crippen MR) is 96.8 cm³/mol. The second kappa shape index (κ2) is 6.01. The molecule has 4 N–H and O–H groups in total. The maximum absolute atomic E-state index is 12.1. The number of hydrogen-bond donors (Lipinski definition) is 3. The fourth-order valence-corrected chi connectivity index (χ4v) is 3.71. The number of nitrogen functional groups attached to an aromatic ring is 1. The van der Waals surface area contributed by atoms with Crippen LogP contribution in [0.25, 0.3) is 11.2 Å². The van der Waals surface area contributed by atoms with Crippen molar-refractivity contribution < 1.29 is 19.5 Å². The topological polar surface area (TPSA) is 141 Å². The van der Waals surface area contributed by atoms with Gasteiger partial charge in [0, 0.05) is 0 Å². The van der Waals surface area contributed by atoms with E-state index in [4.69, 9.17) is 20.1 Å². The van der Waals surface area contributed by atoms with Gasteiger partial charge < -0.3 is 15.6 Å². The van der Waals surface area contributed by atoms with Gasteiger partial charge in [-0.2, -0.15) is 4.98 Å². The number of anilines is 2. The Kier molecular flexibility index (Phi) is 3.67. The van der Waals surface area contributed by atoms with E-state index in [1.807, 2.05) is 37.3 Å². The number of nitrogens with two attached hydrogens (primary N) is 1. The van der Waals surface area contributed by atoms with Crippen molar-refractivity contribution in [1.29, 1.82) is 0 Å². The van der Waals surface area contributed by atoms with E-state index in [0.29, 0.717) is 5.69 Å². The van der Waals surface area contributed by atoms with Gasteiger partial charge in [-0.25, -0.2) is 14.7 Å². The molecular weight excluding hydrogens is 368 g/mol. The van der Waals surface area contributed by atoms with Crippen molar-refractivity contribution in [2.75, 3.05) is 17.6 Å². The minimum Gasteiger partial charge on any atom is -0.394 e. The first-order valence-electron chi connectivity index (χ1n) is 8.71. The van der Waals surface area contributed by atoms with Crippen molar-refractivity contribution >= 4 is 22.8 Å². The molecule has 146 valence electrons. The Morgan fingerprint density at radius 1 is 1.36 bits per heavy atom. The number of aromatic amines is 1. The lowest BCUT2D eigenvalue weighted by molar-refractivity contribution is -0.144. The van der Waals surface area contributed by atoms with E-state index < -0.39 is 29.6 Å². The normalized spacial score (nSPS) is 29.5. The number of fused-ring (bicyclic) bond motifs is 2. The third kappa shape index (κ3) is 2.34. The molecule has 0 aliphatic carbocycles. The van der Waals surface area contributed by atoms with Gasteiger partial charge in [0.1, 0.15) is 6.10 Å². The number of aliphatic hydroxyl groups is 1. The van der Waals surface area contributed by atoms with E-state index in [9.17, 15) is 9.90 Å². The summed E-state index contributed by atoms with van der Waals surface area (Å²) in [5.41, 5.74) is 5.30.